The van der Waals surface area contributed by atoms with Crippen LogP contribution in [0, 0.1) is 11.2 Å². The van der Waals surface area contributed by atoms with Gasteiger partial charge in [0.15, 0.2) is 0 Å². The van der Waals surface area contributed by atoms with Crippen molar-refractivity contribution in [1.29, 1.82) is 0 Å². The number of halogens is 1. The number of aromatic carboxylic acids is 1. The van der Waals surface area contributed by atoms with Gasteiger partial charge in [0.2, 0.25) is 0 Å². The maximum Gasteiger partial charge on any atom is 0.338 e. The van der Waals surface area contributed by atoms with E-state index in [4.69, 9.17) is 5.11 Å². The number of thioether (sulfide) groups is 1. The van der Waals surface area contributed by atoms with Crippen LogP contribution in [0.4, 0.5) is 4.39 Å². The second kappa shape index (κ2) is 7.61. The summed E-state index contributed by atoms with van der Waals surface area (Å²) in [6.07, 6.45) is 3.58. The summed E-state index contributed by atoms with van der Waals surface area (Å²) in [5.41, 5.74) is -1.15. The minimum atomic E-state index is -1.23. The van der Waals surface area contributed by atoms with Crippen LogP contribution < -0.4 is 0 Å². The van der Waals surface area contributed by atoms with Crippen LogP contribution in [0.5, 0.6) is 0 Å². The normalized spacial score (nSPS) is 11.4. The molecule has 118 valence electrons. The van der Waals surface area contributed by atoms with Gasteiger partial charge in [0.1, 0.15) is 5.82 Å². The van der Waals surface area contributed by atoms with Gasteiger partial charge in [0.25, 0.3) is 0 Å². The van der Waals surface area contributed by atoms with Crippen molar-refractivity contribution in [1.82, 2.24) is 0 Å². The van der Waals surface area contributed by atoms with E-state index in [0.29, 0.717) is 0 Å². The number of aliphatic hydroxyl groups is 1. The lowest BCUT2D eigenvalue weighted by molar-refractivity contribution is -0.00719. The third kappa shape index (κ3) is 5.89. The van der Waals surface area contributed by atoms with Crippen LogP contribution in [0.2, 0.25) is 0 Å². The number of hydrogen-bond donors (Lipinski definition) is 2. The monoisotopic (exact) mass is 314 g/mol. The topological polar surface area (TPSA) is 57.5 Å². The number of carboxylic acid groups (broad SMARTS) is 1. The maximum absolute atomic E-state index is 12.8. The molecule has 0 heterocycles. The molecule has 1 rings (SSSR count). The average Bonchev–Trinajstić information content (AvgIpc) is 2.38. The van der Waals surface area contributed by atoms with Crippen LogP contribution in [-0.2, 0) is 0 Å². The number of carboxylic acids is 1. The van der Waals surface area contributed by atoms with E-state index in [2.05, 4.69) is 6.58 Å². The molecule has 3 nitrogen and oxygen atoms in total. The third-order valence-corrected chi connectivity index (χ3v) is 4.22. The predicted molar refractivity (Wildman–Crippen MR) is 85.4 cm³/mol. The minimum absolute atomic E-state index is 0.201. The number of hydrogen-bond acceptors (Lipinski definition) is 3. The fraction of sp³-hybridized carbons (Fsp3) is 0.438. The molecule has 5 heteroatoms. The van der Waals surface area contributed by atoms with Gasteiger partial charge in [-0.15, -0.1) is 18.3 Å². The minimum Gasteiger partial charge on any atom is -0.478 e. The van der Waals surface area contributed by atoms with Gasteiger partial charge < -0.3 is 10.2 Å². The Morgan fingerprint density at radius 1 is 1.33 bits per heavy atom. The first-order valence-corrected chi connectivity index (χ1v) is 7.61. The molecule has 2 N–H and O–H groups in total. The Kier molecular flexibility index (Phi) is 7.13. The van der Waals surface area contributed by atoms with Crippen LogP contribution in [0.1, 0.15) is 38.1 Å². The molecule has 1 aromatic rings. The van der Waals surface area contributed by atoms with Gasteiger partial charge in [-0.25, -0.2) is 9.18 Å². The maximum atomic E-state index is 12.8. The second-order valence-corrected chi connectivity index (χ2v) is 6.52. The fourth-order valence-electron chi connectivity index (χ4n) is 1.05. The molecule has 0 aliphatic heterocycles. The molecule has 0 aliphatic carbocycles. The summed E-state index contributed by atoms with van der Waals surface area (Å²) >= 11 is 1.38. The molecule has 0 saturated carbocycles. The lowest BCUT2D eigenvalue weighted by Gasteiger charge is -2.34. The van der Waals surface area contributed by atoms with Crippen LogP contribution in [0.25, 0.3) is 0 Å². The summed E-state index contributed by atoms with van der Waals surface area (Å²) in [5, 5.41) is 18.0. The molecule has 21 heavy (non-hydrogen) atoms. The van der Waals surface area contributed by atoms with Gasteiger partial charge in [-0.05, 0) is 38.3 Å². The standard InChI is InChI=1S/C8H7FO2S.C8H16O/c1-12-5-2-3-7(9)6(4-5)8(10)11;1-6-7(2,3)8(4,5)9/h2-4H,1H3,(H,10,11);6,9H,1H2,2-5H3. The van der Waals surface area contributed by atoms with Crippen LogP contribution in [-0.4, -0.2) is 28.0 Å². The molecule has 0 aromatic heterocycles. The highest BCUT2D eigenvalue weighted by atomic mass is 32.2. The van der Waals surface area contributed by atoms with Crippen molar-refractivity contribution in [3.63, 3.8) is 0 Å². The molecular formula is C16H23FO3S. The first-order chi connectivity index (χ1) is 9.46. The van der Waals surface area contributed by atoms with E-state index < -0.39 is 17.4 Å². The van der Waals surface area contributed by atoms with Crippen LogP contribution in [0.3, 0.4) is 0 Å². The first-order valence-electron chi connectivity index (χ1n) is 6.39. The van der Waals surface area contributed by atoms with Crippen molar-refractivity contribution in [2.75, 3.05) is 6.26 Å². The zero-order valence-corrected chi connectivity index (χ0v) is 13.9. The largest absolute Gasteiger partial charge is 0.478 e. The summed E-state index contributed by atoms with van der Waals surface area (Å²) < 4.78 is 12.8. The molecule has 0 unspecified atom stereocenters. The Labute approximate surface area is 129 Å². The summed E-state index contributed by atoms with van der Waals surface area (Å²) in [6, 6.07) is 4.03. The first kappa shape index (κ1) is 19.7. The van der Waals surface area contributed by atoms with E-state index in [0.717, 1.165) is 11.0 Å². The molecule has 1 aromatic carbocycles. The molecule has 0 fully saturated rings. The highest BCUT2D eigenvalue weighted by Crippen LogP contribution is 2.30. The van der Waals surface area contributed by atoms with E-state index in [-0.39, 0.29) is 11.0 Å². The fourth-order valence-corrected chi connectivity index (χ4v) is 1.48. The van der Waals surface area contributed by atoms with Gasteiger partial charge in [0.05, 0.1) is 11.2 Å². The molecule has 0 atom stereocenters. The molecule has 0 saturated heterocycles. The SMILES string of the molecule is C=CC(C)(C)C(C)(C)O.CSc1ccc(F)c(C(=O)O)c1. The van der Waals surface area contributed by atoms with Gasteiger partial charge >= 0.3 is 5.97 Å². The zero-order chi connectivity index (χ0) is 16.8. The van der Waals surface area contributed by atoms with Gasteiger partial charge in [0, 0.05) is 10.3 Å². The lowest BCUT2D eigenvalue weighted by atomic mass is 9.78. The van der Waals surface area contributed by atoms with E-state index in [1.165, 1.54) is 17.8 Å². The van der Waals surface area contributed by atoms with Crippen molar-refractivity contribution in [2.24, 2.45) is 5.41 Å². The summed E-state index contributed by atoms with van der Waals surface area (Å²) in [6.45, 7) is 11.1. The smallest absolute Gasteiger partial charge is 0.338 e. The van der Waals surface area contributed by atoms with E-state index >= 15 is 0 Å². The van der Waals surface area contributed by atoms with E-state index in [1.54, 1.807) is 32.2 Å². The lowest BCUT2D eigenvalue weighted by Crippen LogP contribution is -2.36. The van der Waals surface area contributed by atoms with Gasteiger partial charge in [-0.2, -0.15) is 0 Å². The van der Waals surface area contributed by atoms with E-state index in [9.17, 15) is 14.3 Å². The molecule has 0 bridgehead atoms. The molecule has 0 amide bonds. The predicted octanol–water partition coefficient (Wildman–Crippen LogP) is 4.22. The number of carbonyl (C=O) groups is 1. The van der Waals surface area contributed by atoms with Crippen molar-refractivity contribution in [3.05, 3.63) is 42.2 Å². The van der Waals surface area contributed by atoms with Crippen molar-refractivity contribution >= 4 is 17.7 Å². The molecule has 0 spiro atoms. The van der Waals surface area contributed by atoms with Crippen LogP contribution >= 0.6 is 11.8 Å². The average molecular weight is 314 g/mol. The van der Waals surface area contributed by atoms with Crippen molar-refractivity contribution in [3.8, 4) is 0 Å². The number of benzene rings is 1. The van der Waals surface area contributed by atoms with Crippen molar-refractivity contribution in [2.45, 2.75) is 38.2 Å². The summed E-state index contributed by atoms with van der Waals surface area (Å²) in [7, 11) is 0. The van der Waals surface area contributed by atoms with Crippen molar-refractivity contribution < 1.29 is 19.4 Å². The second-order valence-electron chi connectivity index (χ2n) is 5.64. The summed E-state index contributed by atoms with van der Waals surface area (Å²) in [4.78, 5) is 11.2. The Balaban J connectivity index is 0.000000400. The Bertz CT molecular complexity index is 505. The summed E-state index contributed by atoms with van der Waals surface area (Å²) in [5.74, 6) is -1.93. The molecule has 0 aliphatic rings. The molecule has 0 radical (unpaired) electrons. The Hall–Kier alpha value is -1.33. The van der Waals surface area contributed by atoms with Gasteiger partial charge in [-0.3, -0.25) is 0 Å². The van der Waals surface area contributed by atoms with Gasteiger partial charge in [-0.1, -0.05) is 19.9 Å². The van der Waals surface area contributed by atoms with Crippen LogP contribution in [0.15, 0.2) is 35.7 Å². The molecular weight excluding hydrogens is 291 g/mol. The number of rotatable bonds is 4. The zero-order valence-electron chi connectivity index (χ0n) is 13.1. The third-order valence-electron chi connectivity index (χ3n) is 3.49. The Morgan fingerprint density at radius 3 is 2.14 bits per heavy atom. The van der Waals surface area contributed by atoms with E-state index in [1.807, 2.05) is 13.8 Å². The highest BCUT2D eigenvalue weighted by molar-refractivity contribution is 7.98. The Morgan fingerprint density at radius 2 is 1.86 bits per heavy atom. The highest BCUT2D eigenvalue weighted by Gasteiger charge is 2.31. The quantitative estimate of drug-likeness (QED) is 0.645.